The van der Waals surface area contributed by atoms with E-state index in [9.17, 15) is 13.6 Å². The predicted octanol–water partition coefficient (Wildman–Crippen LogP) is 5.25. The second-order valence-electron chi connectivity index (χ2n) is 7.47. The average molecular weight is 501 g/mol. The quantitative estimate of drug-likeness (QED) is 0.536. The van der Waals surface area contributed by atoms with Crippen LogP contribution in [0.3, 0.4) is 0 Å². The molecule has 0 aliphatic carbocycles. The molecule has 1 saturated heterocycles. The zero-order valence-electron chi connectivity index (χ0n) is 16.2. The Labute approximate surface area is 190 Å². The first-order valence-electron chi connectivity index (χ1n) is 8.83. The van der Waals surface area contributed by atoms with E-state index in [1.54, 1.807) is 20.8 Å². The lowest BCUT2D eigenvalue weighted by Gasteiger charge is -2.42. The molecule has 1 fully saturated rings. The monoisotopic (exact) mass is 499 g/mol. The number of ether oxygens (including phenoxy) is 1. The van der Waals surface area contributed by atoms with Crippen LogP contribution in [-0.2, 0) is 4.74 Å². The van der Waals surface area contributed by atoms with Crippen LogP contribution in [0.4, 0.5) is 19.4 Å². The fourth-order valence-corrected chi connectivity index (χ4v) is 4.15. The fraction of sp³-hybridized carbons (Fsp3) is 0.529. The summed E-state index contributed by atoms with van der Waals surface area (Å²) >= 11 is 19.6. The van der Waals surface area contributed by atoms with Gasteiger partial charge in [-0.3, -0.25) is 0 Å². The highest BCUT2D eigenvalue weighted by atomic mass is 35.5. The van der Waals surface area contributed by atoms with Gasteiger partial charge in [0.15, 0.2) is 21.9 Å². The molecule has 3 rings (SSSR count). The molecule has 0 aromatic carbocycles. The van der Waals surface area contributed by atoms with Crippen LogP contribution in [0.2, 0.25) is 15.3 Å². The minimum absolute atomic E-state index is 0.0465. The summed E-state index contributed by atoms with van der Waals surface area (Å²) in [4.78, 5) is 27.7. The number of thiazole rings is 1. The molecule has 1 aliphatic rings. The van der Waals surface area contributed by atoms with E-state index in [0.717, 1.165) is 0 Å². The topological polar surface area (TPSA) is 71.5 Å². The maximum Gasteiger partial charge on any atom is 0.410 e. The summed E-state index contributed by atoms with van der Waals surface area (Å²) in [5.74, 6) is 0.180. The molecule has 2 aromatic heterocycles. The smallest absolute Gasteiger partial charge is 0.410 e. The van der Waals surface area contributed by atoms with Crippen LogP contribution < -0.4 is 4.90 Å². The Bertz CT molecular complexity index is 941. The van der Waals surface area contributed by atoms with Crippen LogP contribution in [0.5, 0.6) is 0 Å². The molecule has 0 saturated carbocycles. The zero-order chi connectivity index (χ0) is 22.2. The Kier molecular flexibility index (Phi) is 6.91. The van der Waals surface area contributed by atoms with Gasteiger partial charge >= 0.3 is 6.09 Å². The maximum atomic E-state index is 13.9. The SMILES string of the molecule is CC(C)(C)OC(=O)N1CCN(c2nc(-c3scnc3Cl)nc(Cl)c2Cl)C(C(F)F)C1. The normalized spacial score (nSPS) is 17.6. The number of hydrogen-bond donors (Lipinski definition) is 0. The number of carbonyl (C=O) groups is 1. The number of alkyl halides is 2. The highest BCUT2D eigenvalue weighted by molar-refractivity contribution is 7.13. The summed E-state index contributed by atoms with van der Waals surface area (Å²) in [5, 5.41) is 0.0191. The molecule has 0 N–H and O–H groups in total. The van der Waals surface area contributed by atoms with Gasteiger partial charge in [-0.05, 0) is 20.8 Å². The standard InChI is InChI=1S/C17H18Cl3F2N5O2S/c1-17(2,3)29-16(28)26-4-5-27(8(6-26)13(21)22)15-9(18)11(19)24-14(25-15)10-12(20)23-7-30-10/h7-8,13H,4-6H2,1-3H3. The van der Waals surface area contributed by atoms with Crippen LogP contribution in [-0.4, -0.2) is 63.6 Å². The third kappa shape index (κ3) is 5.04. The van der Waals surface area contributed by atoms with E-state index in [1.165, 1.54) is 26.6 Å². The van der Waals surface area contributed by atoms with E-state index in [-0.39, 0.29) is 46.6 Å². The van der Waals surface area contributed by atoms with E-state index in [4.69, 9.17) is 39.5 Å². The molecule has 1 aliphatic heterocycles. The first-order chi connectivity index (χ1) is 14.0. The largest absolute Gasteiger partial charge is 0.444 e. The van der Waals surface area contributed by atoms with E-state index < -0.39 is 24.2 Å². The van der Waals surface area contributed by atoms with Crippen molar-refractivity contribution in [3.63, 3.8) is 0 Å². The summed E-state index contributed by atoms with van der Waals surface area (Å²) < 4.78 is 33.2. The number of hydrogen-bond acceptors (Lipinski definition) is 7. The first-order valence-corrected chi connectivity index (χ1v) is 10.8. The molecule has 1 atom stereocenters. The van der Waals surface area contributed by atoms with Crippen LogP contribution in [0.25, 0.3) is 10.7 Å². The van der Waals surface area contributed by atoms with E-state index >= 15 is 0 Å². The molecule has 0 radical (unpaired) electrons. The molecule has 0 bridgehead atoms. The van der Waals surface area contributed by atoms with E-state index in [1.807, 2.05) is 0 Å². The molecule has 2 aromatic rings. The van der Waals surface area contributed by atoms with Gasteiger partial charge in [-0.15, -0.1) is 11.3 Å². The summed E-state index contributed by atoms with van der Waals surface area (Å²) in [6, 6.07) is -1.36. The van der Waals surface area contributed by atoms with Crippen molar-refractivity contribution >= 4 is 58.1 Å². The Hall–Kier alpha value is -1.49. The lowest BCUT2D eigenvalue weighted by atomic mass is 10.1. The molecule has 3 heterocycles. The van der Waals surface area contributed by atoms with Gasteiger partial charge < -0.3 is 14.5 Å². The van der Waals surface area contributed by atoms with Gasteiger partial charge in [0.1, 0.15) is 21.5 Å². The average Bonchev–Trinajstić information content (AvgIpc) is 3.08. The summed E-state index contributed by atoms with van der Waals surface area (Å²) in [6.07, 6.45) is -3.44. The third-order valence-electron chi connectivity index (χ3n) is 4.15. The summed E-state index contributed by atoms with van der Waals surface area (Å²) in [5.41, 5.74) is 0.770. The Balaban J connectivity index is 1.92. The van der Waals surface area contributed by atoms with Crippen molar-refractivity contribution in [3.8, 4) is 10.7 Å². The van der Waals surface area contributed by atoms with Crippen molar-refractivity contribution in [2.24, 2.45) is 0 Å². The van der Waals surface area contributed by atoms with Crippen LogP contribution >= 0.6 is 46.1 Å². The van der Waals surface area contributed by atoms with Gasteiger partial charge in [0, 0.05) is 13.1 Å². The predicted molar refractivity (Wildman–Crippen MR) is 113 cm³/mol. The van der Waals surface area contributed by atoms with Gasteiger partial charge in [0.05, 0.1) is 12.1 Å². The summed E-state index contributed by atoms with van der Waals surface area (Å²) in [6.45, 7) is 5.06. The molecule has 1 unspecified atom stereocenters. The number of anilines is 1. The third-order valence-corrected chi connectivity index (χ3v) is 6.09. The van der Waals surface area contributed by atoms with E-state index in [0.29, 0.717) is 4.88 Å². The minimum atomic E-state index is -2.78. The first kappa shape index (κ1) is 23.2. The lowest BCUT2D eigenvalue weighted by molar-refractivity contribution is 0.0120. The van der Waals surface area contributed by atoms with Gasteiger partial charge in [-0.25, -0.2) is 28.5 Å². The lowest BCUT2D eigenvalue weighted by Crippen LogP contribution is -2.58. The molecular weight excluding hydrogens is 483 g/mol. The molecular formula is C17H18Cl3F2N5O2S. The van der Waals surface area contributed by atoms with Crippen molar-refractivity contribution in [1.82, 2.24) is 19.9 Å². The summed E-state index contributed by atoms with van der Waals surface area (Å²) in [7, 11) is 0. The molecule has 7 nitrogen and oxygen atoms in total. The van der Waals surface area contributed by atoms with Gasteiger partial charge in [-0.2, -0.15) is 0 Å². The Morgan fingerprint density at radius 3 is 2.50 bits per heavy atom. The number of aromatic nitrogens is 3. The number of piperazine rings is 1. The van der Waals surface area contributed by atoms with Crippen LogP contribution in [0, 0.1) is 0 Å². The molecule has 1 amide bonds. The second kappa shape index (κ2) is 8.94. The van der Waals surface area contributed by atoms with Gasteiger partial charge in [0.25, 0.3) is 6.43 Å². The molecule has 164 valence electrons. The minimum Gasteiger partial charge on any atom is -0.444 e. The highest BCUT2D eigenvalue weighted by Gasteiger charge is 2.39. The molecule has 0 spiro atoms. The molecule has 13 heteroatoms. The highest BCUT2D eigenvalue weighted by Crippen LogP contribution is 2.37. The van der Waals surface area contributed by atoms with Crippen LogP contribution in [0.15, 0.2) is 5.51 Å². The number of nitrogens with zero attached hydrogens (tertiary/aromatic N) is 5. The number of halogens is 5. The molecule has 30 heavy (non-hydrogen) atoms. The van der Waals surface area contributed by atoms with Crippen molar-refractivity contribution < 1.29 is 18.3 Å². The number of rotatable bonds is 3. The van der Waals surface area contributed by atoms with Gasteiger partial charge in [0.2, 0.25) is 0 Å². The number of amides is 1. The van der Waals surface area contributed by atoms with Crippen molar-refractivity contribution in [3.05, 3.63) is 20.8 Å². The van der Waals surface area contributed by atoms with Crippen molar-refractivity contribution in [2.75, 3.05) is 24.5 Å². The second-order valence-corrected chi connectivity index (χ2v) is 9.42. The zero-order valence-corrected chi connectivity index (χ0v) is 19.3. The Morgan fingerprint density at radius 1 is 1.23 bits per heavy atom. The van der Waals surface area contributed by atoms with Crippen molar-refractivity contribution in [1.29, 1.82) is 0 Å². The number of carbonyl (C=O) groups excluding carboxylic acids is 1. The maximum absolute atomic E-state index is 13.9. The van der Waals surface area contributed by atoms with E-state index in [2.05, 4.69) is 15.0 Å². The Morgan fingerprint density at radius 2 is 1.93 bits per heavy atom. The van der Waals surface area contributed by atoms with Crippen molar-refractivity contribution in [2.45, 2.75) is 38.8 Å². The van der Waals surface area contributed by atoms with Gasteiger partial charge in [-0.1, -0.05) is 34.8 Å². The fourth-order valence-electron chi connectivity index (χ4n) is 2.86. The van der Waals surface area contributed by atoms with Crippen LogP contribution in [0.1, 0.15) is 20.8 Å².